The first-order valence-electron chi connectivity index (χ1n) is 5.14. The van der Waals surface area contributed by atoms with Crippen LogP contribution < -0.4 is 9.47 Å². The largest absolute Gasteiger partial charge is 0.493 e. The van der Waals surface area contributed by atoms with Gasteiger partial charge in [0.15, 0.2) is 17.3 Å². The minimum atomic E-state index is -1.15. The lowest BCUT2D eigenvalue weighted by Crippen LogP contribution is -2.07. The zero-order valence-electron chi connectivity index (χ0n) is 9.73. The molecular weight excluding hydrogens is 224 g/mol. The van der Waals surface area contributed by atoms with Crippen molar-refractivity contribution in [2.45, 2.75) is 13.3 Å². The molecule has 0 bridgehead atoms. The second-order valence-corrected chi connectivity index (χ2v) is 3.29. The van der Waals surface area contributed by atoms with E-state index >= 15 is 0 Å². The third kappa shape index (κ3) is 3.48. The average Bonchev–Trinajstić information content (AvgIpc) is 2.28. The first kappa shape index (κ1) is 13.0. The maximum atomic E-state index is 11.5. The van der Waals surface area contributed by atoms with Gasteiger partial charge in [0.1, 0.15) is 6.42 Å². The molecule has 0 fully saturated rings. The average molecular weight is 238 g/mol. The summed E-state index contributed by atoms with van der Waals surface area (Å²) in [5.41, 5.74) is 0.302. The van der Waals surface area contributed by atoms with Gasteiger partial charge in [0, 0.05) is 5.56 Å². The number of methoxy groups -OCH3 is 1. The van der Waals surface area contributed by atoms with Crippen LogP contribution in [-0.4, -0.2) is 30.6 Å². The number of carbonyl (C=O) groups excluding carboxylic acids is 1. The topological polar surface area (TPSA) is 72.8 Å². The lowest BCUT2D eigenvalue weighted by atomic mass is 10.1. The SMILES string of the molecule is CCOc1cc(C(=O)CC(=O)O)ccc1OC. The van der Waals surface area contributed by atoms with Crippen LogP contribution in [-0.2, 0) is 4.79 Å². The van der Waals surface area contributed by atoms with Crippen molar-refractivity contribution in [2.24, 2.45) is 0 Å². The van der Waals surface area contributed by atoms with E-state index in [-0.39, 0.29) is 0 Å². The minimum Gasteiger partial charge on any atom is -0.493 e. The third-order valence-electron chi connectivity index (χ3n) is 2.10. The van der Waals surface area contributed by atoms with E-state index in [1.165, 1.54) is 19.2 Å². The minimum absolute atomic E-state index is 0.302. The fraction of sp³-hybridized carbons (Fsp3) is 0.333. The van der Waals surface area contributed by atoms with Crippen molar-refractivity contribution in [3.05, 3.63) is 23.8 Å². The van der Waals surface area contributed by atoms with Gasteiger partial charge in [-0.1, -0.05) is 0 Å². The maximum Gasteiger partial charge on any atom is 0.311 e. The number of rotatable bonds is 6. The van der Waals surface area contributed by atoms with Crippen molar-refractivity contribution in [1.82, 2.24) is 0 Å². The summed E-state index contributed by atoms with van der Waals surface area (Å²) in [6, 6.07) is 4.60. The van der Waals surface area contributed by atoms with Gasteiger partial charge < -0.3 is 14.6 Å². The molecule has 0 aliphatic carbocycles. The molecule has 0 unspecified atom stereocenters. The monoisotopic (exact) mass is 238 g/mol. The zero-order chi connectivity index (χ0) is 12.8. The summed E-state index contributed by atoms with van der Waals surface area (Å²) in [4.78, 5) is 22.0. The van der Waals surface area contributed by atoms with Crippen LogP contribution in [0.25, 0.3) is 0 Å². The number of carbonyl (C=O) groups is 2. The molecule has 0 aliphatic rings. The first-order chi connectivity index (χ1) is 8.08. The van der Waals surface area contributed by atoms with Gasteiger partial charge in [0.05, 0.1) is 13.7 Å². The number of carboxylic acid groups (broad SMARTS) is 1. The number of carboxylic acids is 1. The molecular formula is C12H14O5. The van der Waals surface area contributed by atoms with Crippen LogP contribution in [0.5, 0.6) is 11.5 Å². The smallest absolute Gasteiger partial charge is 0.311 e. The van der Waals surface area contributed by atoms with Gasteiger partial charge in [-0.3, -0.25) is 9.59 Å². The summed E-state index contributed by atoms with van der Waals surface area (Å²) in [6.07, 6.45) is -0.530. The number of hydrogen-bond donors (Lipinski definition) is 1. The van der Waals surface area contributed by atoms with Gasteiger partial charge in [0.2, 0.25) is 0 Å². The molecule has 0 heterocycles. The number of benzene rings is 1. The summed E-state index contributed by atoms with van der Waals surface area (Å²) in [5, 5.41) is 8.54. The van der Waals surface area contributed by atoms with E-state index < -0.39 is 18.2 Å². The Morgan fingerprint density at radius 2 is 2.00 bits per heavy atom. The van der Waals surface area contributed by atoms with Gasteiger partial charge in [-0.15, -0.1) is 0 Å². The molecule has 1 aromatic rings. The Morgan fingerprint density at radius 3 is 2.53 bits per heavy atom. The van der Waals surface area contributed by atoms with Gasteiger partial charge in [-0.05, 0) is 25.1 Å². The second-order valence-electron chi connectivity index (χ2n) is 3.29. The first-order valence-corrected chi connectivity index (χ1v) is 5.14. The fourth-order valence-corrected chi connectivity index (χ4v) is 1.36. The Kier molecular flexibility index (Phi) is 4.51. The second kappa shape index (κ2) is 5.89. The number of Topliss-reactive ketones (excluding diaryl/α,β-unsaturated/α-hetero) is 1. The van der Waals surface area contributed by atoms with Crippen LogP contribution in [0.4, 0.5) is 0 Å². The summed E-state index contributed by atoms with van der Waals surface area (Å²) < 4.78 is 10.4. The Morgan fingerprint density at radius 1 is 1.29 bits per heavy atom. The molecule has 92 valence electrons. The van der Waals surface area contributed by atoms with E-state index in [0.29, 0.717) is 23.7 Å². The molecule has 0 aromatic heterocycles. The van der Waals surface area contributed by atoms with Gasteiger partial charge >= 0.3 is 5.97 Å². The highest BCUT2D eigenvalue weighted by molar-refractivity contribution is 6.05. The van der Waals surface area contributed by atoms with E-state index in [0.717, 1.165) is 0 Å². The van der Waals surface area contributed by atoms with Crippen molar-refractivity contribution in [3.63, 3.8) is 0 Å². The Balaban J connectivity index is 2.98. The quantitative estimate of drug-likeness (QED) is 0.603. The highest BCUT2D eigenvalue weighted by Crippen LogP contribution is 2.28. The molecule has 1 N–H and O–H groups in total. The van der Waals surface area contributed by atoms with Crippen molar-refractivity contribution in [1.29, 1.82) is 0 Å². The zero-order valence-corrected chi connectivity index (χ0v) is 9.73. The summed E-state index contributed by atoms with van der Waals surface area (Å²) in [7, 11) is 1.50. The van der Waals surface area contributed by atoms with Crippen LogP contribution in [0, 0.1) is 0 Å². The number of ether oxygens (including phenoxy) is 2. The molecule has 17 heavy (non-hydrogen) atoms. The van der Waals surface area contributed by atoms with E-state index in [4.69, 9.17) is 14.6 Å². The molecule has 5 heteroatoms. The van der Waals surface area contributed by atoms with Crippen molar-refractivity contribution < 1.29 is 24.2 Å². The number of ketones is 1. The van der Waals surface area contributed by atoms with Gasteiger partial charge in [-0.25, -0.2) is 0 Å². The van der Waals surface area contributed by atoms with Gasteiger partial charge in [-0.2, -0.15) is 0 Å². The molecule has 0 atom stereocenters. The Bertz CT molecular complexity index is 425. The predicted octanol–water partition coefficient (Wildman–Crippen LogP) is 1.75. The number of hydrogen-bond acceptors (Lipinski definition) is 4. The maximum absolute atomic E-state index is 11.5. The van der Waals surface area contributed by atoms with E-state index in [9.17, 15) is 9.59 Å². The van der Waals surface area contributed by atoms with Crippen LogP contribution in [0.1, 0.15) is 23.7 Å². The standard InChI is InChI=1S/C12H14O5/c1-3-17-11-6-8(4-5-10(11)16-2)9(13)7-12(14)15/h4-6H,3,7H2,1-2H3,(H,14,15). The highest BCUT2D eigenvalue weighted by atomic mass is 16.5. The van der Waals surface area contributed by atoms with Crippen molar-refractivity contribution in [3.8, 4) is 11.5 Å². The van der Waals surface area contributed by atoms with E-state index in [1.54, 1.807) is 6.07 Å². The predicted molar refractivity (Wildman–Crippen MR) is 60.7 cm³/mol. The lowest BCUT2D eigenvalue weighted by molar-refractivity contribution is -0.135. The van der Waals surface area contributed by atoms with E-state index in [1.807, 2.05) is 6.92 Å². The Hall–Kier alpha value is -2.04. The highest BCUT2D eigenvalue weighted by Gasteiger charge is 2.13. The molecule has 0 spiro atoms. The lowest BCUT2D eigenvalue weighted by Gasteiger charge is -2.10. The van der Waals surface area contributed by atoms with Crippen molar-refractivity contribution >= 4 is 11.8 Å². The molecule has 1 aromatic carbocycles. The molecule has 5 nitrogen and oxygen atoms in total. The van der Waals surface area contributed by atoms with Crippen LogP contribution in [0.3, 0.4) is 0 Å². The molecule has 0 radical (unpaired) electrons. The van der Waals surface area contributed by atoms with Crippen LogP contribution >= 0.6 is 0 Å². The molecule has 0 amide bonds. The normalized spacial score (nSPS) is 9.76. The molecule has 0 saturated heterocycles. The molecule has 1 rings (SSSR count). The Labute approximate surface area is 99.0 Å². The number of aliphatic carboxylic acids is 1. The van der Waals surface area contributed by atoms with Crippen LogP contribution in [0.2, 0.25) is 0 Å². The molecule has 0 saturated carbocycles. The summed E-state index contributed by atoms with van der Waals surface area (Å²) in [5.74, 6) is -0.658. The fourth-order valence-electron chi connectivity index (χ4n) is 1.36. The summed E-state index contributed by atoms with van der Waals surface area (Å²) in [6.45, 7) is 2.25. The molecule has 0 aliphatic heterocycles. The van der Waals surface area contributed by atoms with Gasteiger partial charge in [0.25, 0.3) is 0 Å². The van der Waals surface area contributed by atoms with E-state index in [2.05, 4.69) is 0 Å². The third-order valence-corrected chi connectivity index (χ3v) is 2.10. The van der Waals surface area contributed by atoms with Crippen molar-refractivity contribution in [2.75, 3.05) is 13.7 Å². The summed E-state index contributed by atoms with van der Waals surface area (Å²) >= 11 is 0. The van der Waals surface area contributed by atoms with Crippen LogP contribution in [0.15, 0.2) is 18.2 Å².